The van der Waals surface area contributed by atoms with E-state index in [1.165, 1.54) is 12.1 Å². The molecule has 5 aromatic carbocycles. The Morgan fingerprint density at radius 3 is 1.98 bits per heavy atom. The molecule has 0 fully saturated rings. The Labute approximate surface area is 294 Å². The van der Waals surface area contributed by atoms with Crippen molar-refractivity contribution in [3.05, 3.63) is 144 Å². The first-order chi connectivity index (χ1) is 24.8. The lowest BCUT2D eigenvalue weighted by atomic mass is 9.73. The highest BCUT2D eigenvalue weighted by atomic mass is 19.4. The van der Waals surface area contributed by atoms with Crippen LogP contribution in [-0.4, -0.2) is 34.1 Å². The number of aromatic nitrogens is 2. The van der Waals surface area contributed by atoms with Gasteiger partial charge in [0.05, 0.1) is 22.9 Å². The molecule has 2 amide bonds. The van der Waals surface area contributed by atoms with Gasteiger partial charge in [0.15, 0.2) is 0 Å². The third-order valence-electron chi connectivity index (χ3n) is 9.43. The summed E-state index contributed by atoms with van der Waals surface area (Å²) in [6.45, 7) is -1.09. The summed E-state index contributed by atoms with van der Waals surface area (Å²) in [7, 11) is 0. The normalized spacial score (nSPS) is 13.4. The number of halogens is 6. The third kappa shape index (κ3) is 6.52. The zero-order chi connectivity index (χ0) is 36.7. The highest BCUT2D eigenvalue weighted by Crippen LogP contribution is 2.51. The number of hydrogen-bond donors (Lipinski definition) is 2. The number of hydrogen-bond acceptors (Lipinski definition) is 3. The number of fused-ring (bicyclic) bond motifs is 4. The van der Waals surface area contributed by atoms with Crippen LogP contribution in [0.4, 0.5) is 32.0 Å². The zero-order valence-corrected chi connectivity index (χ0v) is 27.4. The third-order valence-corrected chi connectivity index (χ3v) is 9.43. The van der Waals surface area contributed by atoms with Crippen LogP contribution in [0.5, 0.6) is 0 Å². The van der Waals surface area contributed by atoms with Gasteiger partial charge in [-0.1, -0.05) is 78.9 Å². The van der Waals surface area contributed by atoms with E-state index in [0.29, 0.717) is 51.9 Å². The Kier molecular flexibility index (Phi) is 8.85. The van der Waals surface area contributed by atoms with Gasteiger partial charge in [0.2, 0.25) is 5.91 Å². The van der Waals surface area contributed by atoms with E-state index < -0.39 is 41.7 Å². The molecule has 0 unspecified atom stereocenters. The van der Waals surface area contributed by atoms with Crippen LogP contribution >= 0.6 is 0 Å². The van der Waals surface area contributed by atoms with Crippen LogP contribution in [0.2, 0.25) is 0 Å². The standard InChI is InChI=1S/C40H30F6N4O2/c41-39(42,43)23-47-37(52)38(32-12-5-3-9-29(32)30-10-4-6-13-33(30)38)20-7-21-50-24-48-34-19-18-27(22-35(34)50)49-36(51)31-11-2-1-8-28(31)25-14-16-26(17-15-25)40(44,45)46/h1-6,8-19,22,24H,7,20-21,23H2,(H,47,52)(H,49,51). The van der Waals surface area contributed by atoms with Crippen molar-refractivity contribution in [2.24, 2.45) is 0 Å². The minimum Gasteiger partial charge on any atom is -0.346 e. The summed E-state index contributed by atoms with van der Waals surface area (Å²) in [4.78, 5) is 31.8. The molecule has 0 atom stereocenters. The summed E-state index contributed by atoms with van der Waals surface area (Å²) in [5.74, 6) is -1.19. The summed E-state index contributed by atoms with van der Waals surface area (Å²) in [5.41, 5.74) is 3.69. The summed E-state index contributed by atoms with van der Waals surface area (Å²) >= 11 is 0. The molecular weight excluding hydrogens is 682 g/mol. The predicted molar refractivity (Wildman–Crippen MR) is 186 cm³/mol. The predicted octanol–water partition coefficient (Wildman–Crippen LogP) is 9.40. The second-order valence-electron chi connectivity index (χ2n) is 12.6. The minimum atomic E-state index is -4.58. The molecule has 1 aromatic heterocycles. The Morgan fingerprint density at radius 2 is 1.35 bits per heavy atom. The molecule has 6 nitrogen and oxygen atoms in total. The van der Waals surface area contributed by atoms with Crippen molar-refractivity contribution in [1.82, 2.24) is 14.9 Å². The van der Waals surface area contributed by atoms with Gasteiger partial charge in [-0.15, -0.1) is 0 Å². The molecule has 0 saturated carbocycles. The van der Waals surface area contributed by atoms with E-state index in [4.69, 9.17) is 0 Å². The van der Waals surface area contributed by atoms with E-state index in [2.05, 4.69) is 15.6 Å². The molecule has 1 heterocycles. The molecule has 0 aliphatic heterocycles. The molecule has 0 bridgehead atoms. The Morgan fingerprint density at radius 1 is 0.731 bits per heavy atom. The zero-order valence-electron chi connectivity index (χ0n) is 27.4. The molecular formula is C40H30F6N4O2. The van der Waals surface area contributed by atoms with E-state index in [-0.39, 0.29) is 12.0 Å². The number of benzene rings is 5. The number of aryl methyl sites for hydroxylation is 1. The number of alkyl halides is 6. The molecule has 0 saturated heterocycles. The van der Waals surface area contributed by atoms with Crippen LogP contribution in [0, 0.1) is 0 Å². The van der Waals surface area contributed by atoms with Crippen molar-refractivity contribution in [3.63, 3.8) is 0 Å². The molecule has 264 valence electrons. The number of rotatable bonds is 9. The van der Waals surface area contributed by atoms with Crippen LogP contribution in [0.15, 0.2) is 122 Å². The molecule has 0 spiro atoms. The second kappa shape index (κ2) is 13.3. The van der Waals surface area contributed by atoms with Crippen LogP contribution in [0.3, 0.4) is 0 Å². The van der Waals surface area contributed by atoms with E-state index in [9.17, 15) is 35.9 Å². The largest absolute Gasteiger partial charge is 0.416 e. The molecule has 2 N–H and O–H groups in total. The van der Waals surface area contributed by atoms with Crippen molar-refractivity contribution in [2.45, 2.75) is 37.2 Å². The van der Waals surface area contributed by atoms with E-state index in [1.54, 1.807) is 73.1 Å². The molecule has 52 heavy (non-hydrogen) atoms. The lowest BCUT2D eigenvalue weighted by Crippen LogP contribution is -2.47. The SMILES string of the molecule is O=C(Nc1ccc2ncn(CCCC3(C(=O)NCC(F)(F)F)c4ccccc4-c4ccccc43)c2c1)c1ccccc1-c1ccc(C(F)(F)F)cc1. The van der Waals surface area contributed by atoms with Gasteiger partial charge in [0.1, 0.15) is 12.0 Å². The van der Waals surface area contributed by atoms with Crippen LogP contribution in [0.1, 0.15) is 39.9 Å². The average molecular weight is 713 g/mol. The van der Waals surface area contributed by atoms with Gasteiger partial charge in [-0.05, 0) is 82.6 Å². The van der Waals surface area contributed by atoms with Gasteiger partial charge in [0, 0.05) is 17.8 Å². The minimum absolute atomic E-state index is 0.210. The molecule has 1 aliphatic rings. The first kappa shape index (κ1) is 34.5. The quantitative estimate of drug-likeness (QED) is 0.147. The Balaban J connectivity index is 1.13. The van der Waals surface area contributed by atoms with Gasteiger partial charge in [-0.2, -0.15) is 26.3 Å². The van der Waals surface area contributed by atoms with Gasteiger partial charge >= 0.3 is 12.4 Å². The highest BCUT2D eigenvalue weighted by Gasteiger charge is 2.49. The lowest BCUT2D eigenvalue weighted by molar-refractivity contribution is -0.141. The van der Waals surface area contributed by atoms with Crippen molar-refractivity contribution < 1.29 is 35.9 Å². The summed E-state index contributed by atoms with van der Waals surface area (Å²) in [5, 5.41) is 5.03. The molecule has 0 radical (unpaired) electrons. The summed E-state index contributed by atoms with van der Waals surface area (Å²) < 4.78 is 81.1. The number of amides is 2. The van der Waals surface area contributed by atoms with Gasteiger partial charge in [-0.25, -0.2) is 4.98 Å². The van der Waals surface area contributed by atoms with Crippen LogP contribution < -0.4 is 10.6 Å². The topological polar surface area (TPSA) is 76.0 Å². The molecule has 1 aliphatic carbocycles. The Bertz CT molecular complexity index is 2250. The first-order valence-electron chi connectivity index (χ1n) is 16.4. The summed E-state index contributed by atoms with van der Waals surface area (Å²) in [6.07, 6.45) is -6.84. The number of anilines is 1. The fourth-order valence-electron chi connectivity index (χ4n) is 7.08. The monoisotopic (exact) mass is 712 g/mol. The highest BCUT2D eigenvalue weighted by molar-refractivity contribution is 6.09. The maximum absolute atomic E-state index is 13.9. The van der Waals surface area contributed by atoms with Crippen LogP contribution in [0.25, 0.3) is 33.3 Å². The maximum atomic E-state index is 13.9. The molecule has 6 aromatic rings. The van der Waals surface area contributed by atoms with Gasteiger partial charge in [-0.3, -0.25) is 9.59 Å². The maximum Gasteiger partial charge on any atom is 0.416 e. The number of nitrogens with zero attached hydrogens (tertiary/aromatic N) is 2. The van der Waals surface area contributed by atoms with Crippen molar-refractivity contribution >= 4 is 28.5 Å². The molecule has 12 heteroatoms. The van der Waals surface area contributed by atoms with E-state index in [1.807, 2.05) is 28.8 Å². The number of nitrogens with one attached hydrogen (secondary N) is 2. The number of imidazole rings is 1. The first-order valence-corrected chi connectivity index (χ1v) is 16.4. The average Bonchev–Trinajstić information content (AvgIpc) is 3.67. The van der Waals surface area contributed by atoms with Gasteiger partial charge < -0.3 is 15.2 Å². The van der Waals surface area contributed by atoms with E-state index >= 15 is 0 Å². The smallest absolute Gasteiger partial charge is 0.346 e. The van der Waals surface area contributed by atoms with Crippen molar-refractivity contribution in [1.29, 1.82) is 0 Å². The lowest BCUT2D eigenvalue weighted by Gasteiger charge is -2.31. The van der Waals surface area contributed by atoms with Gasteiger partial charge in [0.25, 0.3) is 5.91 Å². The summed E-state index contributed by atoms with van der Waals surface area (Å²) in [6, 6.07) is 30.9. The van der Waals surface area contributed by atoms with Crippen molar-refractivity contribution in [3.8, 4) is 22.3 Å². The second-order valence-corrected chi connectivity index (χ2v) is 12.6. The Hall–Kier alpha value is -5.91. The van der Waals surface area contributed by atoms with Crippen molar-refractivity contribution in [2.75, 3.05) is 11.9 Å². The molecule has 7 rings (SSSR count). The van der Waals surface area contributed by atoms with E-state index in [0.717, 1.165) is 23.3 Å². The van der Waals surface area contributed by atoms with Crippen LogP contribution in [-0.2, 0) is 22.9 Å². The number of carbonyl (C=O) groups is 2. The fraction of sp³-hybridized carbons (Fsp3) is 0.175. The fourth-order valence-corrected chi connectivity index (χ4v) is 7.08. The number of carbonyl (C=O) groups excluding carboxylic acids is 2.